The van der Waals surface area contributed by atoms with Gasteiger partial charge < -0.3 is 15.2 Å². The maximum absolute atomic E-state index is 12.1. The first kappa shape index (κ1) is 20.2. The number of halogens is 1. The standard InChI is InChI=1S/C20H21ClN4O2S/c1-3-13-6-4-5-7-15(13)23-18(26)11-22-19(27)12-28-20-24-16-10-14(21)8-9-17(16)25(20)2/h4-10H,3,11-12H2,1-2H3,(H,22,27)(H,23,26). The number of carbonyl (C=O) groups is 2. The molecule has 8 heteroatoms. The van der Waals surface area contributed by atoms with Gasteiger partial charge in [-0.15, -0.1) is 0 Å². The lowest BCUT2D eigenvalue weighted by Crippen LogP contribution is -2.34. The van der Waals surface area contributed by atoms with E-state index in [9.17, 15) is 9.59 Å². The van der Waals surface area contributed by atoms with Gasteiger partial charge in [-0.1, -0.05) is 48.5 Å². The molecule has 0 aliphatic rings. The highest BCUT2D eigenvalue weighted by atomic mass is 35.5. The quantitative estimate of drug-likeness (QED) is 0.576. The Morgan fingerprint density at radius 1 is 1.18 bits per heavy atom. The molecule has 0 spiro atoms. The Labute approximate surface area is 172 Å². The van der Waals surface area contributed by atoms with E-state index in [1.165, 1.54) is 11.8 Å². The average Bonchev–Trinajstić information content (AvgIpc) is 3.00. The van der Waals surface area contributed by atoms with Gasteiger partial charge in [0.15, 0.2) is 5.16 Å². The second-order valence-electron chi connectivity index (χ2n) is 6.21. The minimum Gasteiger partial charge on any atom is -0.346 e. The Hall–Kier alpha value is -2.51. The first-order valence-electron chi connectivity index (χ1n) is 8.87. The summed E-state index contributed by atoms with van der Waals surface area (Å²) in [5.41, 5.74) is 3.56. The summed E-state index contributed by atoms with van der Waals surface area (Å²) in [6, 6.07) is 13.1. The van der Waals surface area contributed by atoms with E-state index >= 15 is 0 Å². The van der Waals surface area contributed by atoms with Gasteiger partial charge in [0.25, 0.3) is 0 Å². The van der Waals surface area contributed by atoms with Crippen LogP contribution in [0.1, 0.15) is 12.5 Å². The first-order valence-corrected chi connectivity index (χ1v) is 10.2. The second kappa shape index (κ2) is 9.12. The number of thioether (sulfide) groups is 1. The number of nitrogens with one attached hydrogen (secondary N) is 2. The normalized spacial score (nSPS) is 10.8. The summed E-state index contributed by atoms with van der Waals surface area (Å²) in [7, 11) is 1.89. The van der Waals surface area contributed by atoms with Gasteiger partial charge >= 0.3 is 0 Å². The Kier molecular flexibility index (Phi) is 6.59. The highest BCUT2D eigenvalue weighted by molar-refractivity contribution is 7.99. The Morgan fingerprint density at radius 2 is 1.96 bits per heavy atom. The van der Waals surface area contributed by atoms with Gasteiger partial charge in [-0.25, -0.2) is 4.98 Å². The number of rotatable bonds is 7. The molecule has 0 bridgehead atoms. The Morgan fingerprint density at radius 3 is 2.75 bits per heavy atom. The van der Waals surface area contributed by atoms with Gasteiger partial charge in [0, 0.05) is 17.8 Å². The van der Waals surface area contributed by atoms with Gasteiger partial charge in [0.2, 0.25) is 11.8 Å². The third kappa shape index (κ3) is 4.85. The van der Waals surface area contributed by atoms with E-state index in [-0.39, 0.29) is 24.1 Å². The van der Waals surface area contributed by atoms with E-state index in [4.69, 9.17) is 11.6 Å². The third-order valence-electron chi connectivity index (χ3n) is 4.25. The predicted octanol–water partition coefficient (Wildman–Crippen LogP) is 3.64. The molecular formula is C20H21ClN4O2S. The van der Waals surface area contributed by atoms with Crippen molar-refractivity contribution < 1.29 is 9.59 Å². The van der Waals surface area contributed by atoms with Crippen molar-refractivity contribution >= 4 is 51.9 Å². The van der Waals surface area contributed by atoms with Crippen LogP contribution in [-0.4, -0.2) is 33.7 Å². The molecule has 0 saturated heterocycles. The first-order chi connectivity index (χ1) is 13.5. The molecule has 0 aliphatic heterocycles. The molecule has 3 rings (SSSR count). The van der Waals surface area contributed by atoms with E-state index in [1.54, 1.807) is 6.07 Å². The van der Waals surface area contributed by atoms with Crippen molar-refractivity contribution in [2.45, 2.75) is 18.5 Å². The molecule has 1 heterocycles. The van der Waals surface area contributed by atoms with E-state index < -0.39 is 0 Å². The van der Waals surface area contributed by atoms with Crippen molar-refractivity contribution in [1.82, 2.24) is 14.9 Å². The largest absolute Gasteiger partial charge is 0.346 e. The van der Waals surface area contributed by atoms with E-state index in [2.05, 4.69) is 15.6 Å². The molecule has 0 aliphatic carbocycles. The number of aryl methyl sites for hydroxylation is 2. The van der Waals surface area contributed by atoms with Crippen molar-refractivity contribution in [3.63, 3.8) is 0 Å². The van der Waals surface area contributed by atoms with Crippen LogP contribution in [0.15, 0.2) is 47.6 Å². The lowest BCUT2D eigenvalue weighted by Gasteiger charge is -2.10. The number of carbonyl (C=O) groups excluding carboxylic acids is 2. The molecular weight excluding hydrogens is 396 g/mol. The van der Waals surface area contributed by atoms with Gasteiger partial charge in [-0.3, -0.25) is 9.59 Å². The SMILES string of the molecule is CCc1ccccc1NC(=O)CNC(=O)CSc1nc2cc(Cl)ccc2n1C. The molecule has 3 aromatic rings. The average molecular weight is 417 g/mol. The fourth-order valence-electron chi connectivity index (χ4n) is 2.78. The molecule has 6 nitrogen and oxygen atoms in total. The van der Waals surface area contributed by atoms with Gasteiger partial charge in [0.05, 0.1) is 23.3 Å². The van der Waals surface area contributed by atoms with Gasteiger partial charge in [-0.2, -0.15) is 0 Å². The highest BCUT2D eigenvalue weighted by Crippen LogP contribution is 2.24. The van der Waals surface area contributed by atoms with Crippen molar-refractivity contribution in [2.24, 2.45) is 7.05 Å². The Bertz CT molecular complexity index is 1020. The van der Waals surface area contributed by atoms with E-state index in [0.717, 1.165) is 28.7 Å². The molecule has 28 heavy (non-hydrogen) atoms. The predicted molar refractivity (Wildman–Crippen MR) is 114 cm³/mol. The summed E-state index contributed by atoms with van der Waals surface area (Å²) in [5, 5.41) is 6.81. The molecule has 2 aromatic carbocycles. The fourth-order valence-corrected chi connectivity index (χ4v) is 3.77. The van der Waals surface area contributed by atoms with Gasteiger partial charge in [0.1, 0.15) is 0 Å². The van der Waals surface area contributed by atoms with E-state index in [1.807, 2.05) is 54.9 Å². The van der Waals surface area contributed by atoms with Crippen molar-refractivity contribution in [3.05, 3.63) is 53.1 Å². The van der Waals surface area contributed by atoms with Gasteiger partial charge in [-0.05, 0) is 36.2 Å². The molecule has 2 N–H and O–H groups in total. The minimum atomic E-state index is -0.253. The van der Waals surface area contributed by atoms with Crippen LogP contribution in [0, 0.1) is 0 Å². The second-order valence-corrected chi connectivity index (χ2v) is 7.59. The number of nitrogens with zero attached hydrogens (tertiary/aromatic N) is 2. The summed E-state index contributed by atoms with van der Waals surface area (Å²) in [4.78, 5) is 28.7. The summed E-state index contributed by atoms with van der Waals surface area (Å²) in [6.45, 7) is 1.95. The summed E-state index contributed by atoms with van der Waals surface area (Å²) in [6.07, 6.45) is 0.822. The van der Waals surface area contributed by atoms with E-state index in [0.29, 0.717) is 10.2 Å². The minimum absolute atomic E-state index is 0.0738. The smallest absolute Gasteiger partial charge is 0.243 e. The van der Waals surface area contributed by atoms with Crippen molar-refractivity contribution in [3.8, 4) is 0 Å². The molecule has 146 valence electrons. The van der Waals surface area contributed by atoms with Crippen LogP contribution < -0.4 is 10.6 Å². The molecule has 0 fully saturated rings. The molecule has 0 unspecified atom stereocenters. The zero-order valence-corrected chi connectivity index (χ0v) is 17.2. The number of amides is 2. The zero-order valence-electron chi connectivity index (χ0n) is 15.7. The van der Waals surface area contributed by atoms with Crippen LogP contribution >= 0.6 is 23.4 Å². The maximum Gasteiger partial charge on any atom is 0.243 e. The number of aromatic nitrogens is 2. The van der Waals surface area contributed by atoms with Crippen LogP contribution in [0.4, 0.5) is 5.69 Å². The third-order valence-corrected chi connectivity index (χ3v) is 5.52. The highest BCUT2D eigenvalue weighted by Gasteiger charge is 2.12. The van der Waals surface area contributed by atoms with Crippen LogP contribution in [0.2, 0.25) is 5.02 Å². The number of hydrogen-bond acceptors (Lipinski definition) is 4. The zero-order chi connectivity index (χ0) is 20.1. The number of imidazole rings is 1. The van der Waals surface area contributed by atoms with Crippen molar-refractivity contribution in [2.75, 3.05) is 17.6 Å². The van der Waals surface area contributed by atoms with Crippen LogP contribution in [0.3, 0.4) is 0 Å². The lowest BCUT2D eigenvalue weighted by atomic mass is 10.1. The summed E-state index contributed by atoms with van der Waals surface area (Å²) >= 11 is 7.31. The van der Waals surface area contributed by atoms with Crippen molar-refractivity contribution in [1.29, 1.82) is 0 Å². The maximum atomic E-state index is 12.1. The Balaban J connectivity index is 1.51. The number of benzene rings is 2. The molecule has 0 radical (unpaired) electrons. The monoisotopic (exact) mass is 416 g/mol. The molecule has 2 amide bonds. The van der Waals surface area contributed by atoms with Crippen LogP contribution in [0.25, 0.3) is 11.0 Å². The molecule has 1 aromatic heterocycles. The molecule has 0 atom stereocenters. The topological polar surface area (TPSA) is 76.0 Å². The summed E-state index contributed by atoms with van der Waals surface area (Å²) in [5.74, 6) is -0.311. The number of fused-ring (bicyclic) bond motifs is 1. The molecule has 0 saturated carbocycles. The van der Waals surface area contributed by atoms with Crippen LogP contribution in [0.5, 0.6) is 0 Å². The number of hydrogen-bond donors (Lipinski definition) is 2. The number of anilines is 1. The van der Waals surface area contributed by atoms with Crippen LogP contribution in [-0.2, 0) is 23.1 Å². The fraction of sp³-hybridized carbons (Fsp3) is 0.250. The lowest BCUT2D eigenvalue weighted by molar-refractivity contribution is -0.122. The summed E-state index contributed by atoms with van der Waals surface area (Å²) < 4.78 is 1.91. The number of para-hydroxylation sites is 1.